The molecule has 0 saturated heterocycles. The first-order chi connectivity index (χ1) is 12.9. The Bertz CT molecular complexity index is 1130. The highest BCUT2D eigenvalue weighted by Crippen LogP contribution is 2.32. The van der Waals surface area contributed by atoms with Crippen LogP contribution in [-0.4, -0.2) is 30.2 Å². The molecule has 1 aromatic heterocycles. The van der Waals surface area contributed by atoms with Crippen LogP contribution in [0.3, 0.4) is 0 Å². The molecule has 0 fully saturated rings. The molecule has 0 saturated carbocycles. The number of aromatic amines is 1. The molecule has 0 aliphatic heterocycles. The maximum absolute atomic E-state index is 13.2. The van der Waals surface area contributed by atoms with Gasteiger partial charge in [0.2, 0.25) is 5.78 Å². The predicted octanol–water partition coefficient (Wildman–Crippen LogP) is 3.65. The molecule has 1 heterocycles. The number of sulfone groups is 1. The molecular weight excluding hydrogens is 376 g/mol. The van der Waals surface area contributed by atoms with Crippen molar-refractivity contribution in [3.05, 3.63) is 56.0 Å². The fraction of sp³-hybridized carbons (Fsp3) is 0.429. The summed E-state index contributed by atoms with van der Waals surface area (Å²) in [4.78, 5) is 26.1. The average Bonchev–Trinajstić information content (AvgIpc) is 2.86. The molecule has 7 heteroatoms. The van der Waals surface area contributed by atoms with Gasteiger partial charge in [0.25, 0.3) is 5.56 Å². The second kappa shape index (κ2) is 7.91. The zero-order valence-electron chi connectivity index (χ0n) is 17.6. The van der Waals surface area contributed by atoms with Crippen molar-refractivity contribution in [3.8, 4) is 0 Å². The monoisotopic (exact) mass is 404 g/mol. The molecule has 0 amide bonds. The van der Waals surface area contributed by atoms with Crippen LogP contribution < -0.4 is 5.56 Å². The summed E-state index contributed by atoms with van der Waals surface area (Å²) in [5.41, 5.74) is 3.47. The van der Waals surface area contributed by atoms with Gasteiger partial charge in [0.15, 0.2) is 9.84 Å². The minimum atomic E-state index is -3.48. The Morgan fingerprint density at radius 2 is 1.71 bits per heavy atom. The Labute approximate surface area is 166 Å². The number of nitrogens with zero attached hydrogens (tertiary/aromatic N) is 1. The smallest absolute Gasteiger partial charge is 0.278 e. The van der Waals surface area contributed by atoms with Crippen LogP contribution in [0.15, 0.2) is 27.4 Å². The van der Waals surface area contributed by atoms with Gasteiger partial charge in [-0.15, -0.1) is 0 Å². The van der Waals surface area contributed by atoms with Crippen LogP contribution in [0.4, 0.5) is 0 Å². The number of ketones is 1. The van der Waals surface area contributed by atoms with Gasteiger partial charge in [0.1, 0.15) is 5.56 Å². The number of hydrogen-bond donors (Lipinski definition) is 1. The molecule has 0 atom stereocenters. The van der Waals surface area contributed by atoms with Crippen LogP contribution in [0.5, 0.6) is 0 Å². The summed E-state index contributed by atoms with van der Waals surface area (Å²) in [6.07, 6.45) is 1.92. The number of nitrogens with one attached hydrogen (secondary N) is 1. The first-order valence-corrected chi connectivity index (χ1v) is 11.1. The number of aromatic nitrogens is 2. The lowest BCUT2D eigenvalue weighted by atomic mass is 9.91. The molecule has 0 bridgehead atoms. The fourth-order valence-corrected chi connectivity index (χ4v) is 4.34. The number of benzene rings is 1. The van der Waals surface area contributed by atoms with Gasteiger partial charge in [0, 0.05) is 24.1 Å². The van der Waals surface area contributed by atoms with Crippen LogP contribution in [0.2, 0.25) is 0 Å². The Morgan fingerprint density at radius 3 is 2.21 bits per heavy atom. The highest BCUT2D eigenvalue weighted by atomic mass is 32.2. The van der Waals surface area contributed by atoms with E-state index >= 15 is 0 Å². The molecule has 2 aromatic rings. The second-order valence-corrected chi connectivity index (χ2v) is 9.39. The molecule has 1 N–H and O–H groups in total. The number of rotatable bonds is 6. The highest BCUT2D eigenvalue weighted by molar-refractivity contribution is 7.90. The summed E-state index contributed by atoms with van der Waals surface area (Å²) >= 11 is 0. The number of aryl methyl sites for hydroxylation is 2. The van der Waals surface area contributed by atoms with E-state index in [0.29, 0.717) is 28.9 Å². The minimum Gasteiger partial charge on any atom is -0.299 e. The molecular formula is C21H28N2O4S. The van der Waals surface area contributed by atoms with Crippen LogP contribution >= 0.6 is 0 Å². The maximum atomic E-state index is 13.2. The van der Waals surface area contributed by atoms with Gasteiger partial charge in [-0.3, -0.25) is 19.4 Å². The van der Waals surface area contributed by atoms with Crippen molar-refractivity contribution >= 4 is 21.2 Å². The summed E-state index contributed by atoms with van der Waals surface area (Å²) < 4.78 is 26.0. The van der Waals surface area contributed by atoms with Crippen molar-refractivity contribution in [1.82, 2.24) is 9.78 Å². The number of carbonyl (C=O) groups is 1. The van der Waals surface area contributed by atoms with E-state index < -0.39 is 15.6 Å². The third-order valence-electron chi connectivity index (χ3n) is 5.01. The molecule has 0 radical (unpaired) electrons. The maximum Gasteiger partial charge on any atom is 0.278 e. The lowest BCUT2D eigenvalue weighted by Crippen LogP contribution is -2.22. The first kappa shape index (κ1) is 21.9. The van der Waals surface area contributed by atoms with Gasteiger partial charge < -0.3 is 0 Å². The van der Waals surface area contributed by atoms with Gasteiger partial charge in [-0.25, -0.2) is 8.42 Å². The average molecular weight is 405 g/mol. The number of hydrogen-bond acceptors (Lipinski definition) is 4. The van der Waals surface area contributed by atoms with Gasteiger partial charge >= 0.3 is 0 Å². The van der Waals surface area contributed by atoms with Gasteiger partial charge in [-0.2, -0.15) is 0 Å². The Kier molecular flexibility index (Phi) is 6.18. The van der Waals surface area contributed by atoms with E-state index in [1.807, 2.05) is 27.7 Å². The van der Waals surface area contributed by atoms with Crippen molar-refractivity contribution in [2.75, 3.05) is 6.26 Å². The third-order valence-corrected chi connectivity index (χ3v) is 6.15. The van der Waals surface area contributed by atoms with Crippen molar-refractivity contribution in [3.63, 3.8) is 0 Å². The quantitative estimate of drug-likeness (QED) is 0.744. The standard InChI is InChI=1S/C21H28N2O4S/c1-8-11-23-21(25)19(15(6)22-23)20(24)16-9-10-17(28(7,26)27)18(14(16)5)13(4)12(2)3/h9-10,22H,8,11H2,1-7H3. The van der Waals surface area contributed by atoms with Crippen molar-refractivity contribution < 1.29 is 13.2 Å². The molecule has 2 rings (SSSR count). The predicted molar refractivity (Wildman–Crippen MR) is 112 cm³/mol. The van der Waals surface area contributed by atoms with E-state index in [2.05, 4.69) is 5.10 Å². The van der Waals surface area contributed by atoms with E-state index in [4.69, 9.17) is 0 Å². The Balaban J connectivity index is 2.79. The van der Waals surface area contributed by atoms with E-state index in [-0.39, 0.29) is 16.0 Å². The topological polar surface area (TPSA) is 89.0 Å². The third kappa shape index (κ3) is 3.90. The molecule has 0 aliphatic carbocycles. The number of carbonyl (C=O) groups excluding carboxylic acids is 1. The van der Waals surface area contributed by atoms with Gasteiger partial charge in [-0.05, 0) is 69.9 Å². The SMILES string of the molecule is CCCn1[nH]c(C)c(C(=O)c2ccc(S(C)(=O)=O)c(C(C)=C(C)C)c2C)c1=O. The minimum absolute atomic E-state index is 0.101. The summed E-state index contributed by atoms with van der Waals surface area (Å²) in [7, 11) is -3.48. The summed E-state index contributed by atoms with van der Waals surface area (Å²) in [5, 5.41) is 2.95. The molecule has 0 aliphatic rings. The second-order valence-electron chi connectivity index (χ2n) is 7.41. The molecule has 152 valence electrons. The van der Waals surface area contributed by atoms with Crippen LogP contribution in [0.25, 0.3) is 5.57 Å². The largest absolute Gasteiger partial charge is 0.299 e. The van der Waals surface area contributed by atoms with Gasteiger partial charge in [-0.1, -0.05) is 12.5 Å². The van der Waals surface area contributed by atoms with E-state index in [1.165, 1.54) is 16.8 Å². The van der Waals surface area contributed by atoms with Crippen molar-refractivity contribution in [2.24, 2.45) is 0 Å². The van der Waals surface area contributed by atoms with E-state index in [0.717, 1.165) is 23.8 Å². The van der Waals surface area contributed by atoms with Gasteiger partial charge in [0.05, 0.1) is 4.90 Å². The lowest BCUT2D eigenvalue weighted by molar-refractivity contribution is 0.103. The lowest BCUT2D eigenvalue weighted by Gasteiger charge is -2.16. The Morgan fingerprint density at radius 1 is 1.11 bits per heavy atom. The van der Waals surface area contributed by atoms with Crippen LogP contribution in [0.1, 0.15) is 66.9 Å². The first-order valence-electron chi connectivity index (χ1n) is 9.24. The molecule has 6 nitrogen and oxygen atoms in total. The summed E-state index contributed by atoms with van der Waals surface area (Å²) in [6, 6.07) is 2.97. The summed E-state index contributed by atoms with van der Waals surface area (Å²) in [6.45, 7) is 11.5. The number of H-pyrrole nitrogens is 1. The fourth-order valence-electron chi connectivity index (χ4n) is 3.35. The van der Waals surface area contributed by atoms with Crippen LogP contribution in [-0.2, 0) is 16.4 Å². The molecule has 0 unspecified atom stereocenters. The molecule has 28 heavy (non-hydrogen) atoms. The molecule has 1 aromatic carbocycles. The van der Waals surface area contributed by atoms with Crippen molar-refractivity contribution in [1.29, 1.82) is 0 Å². The van der Waals surface area contributed by atoms with E-state index in [9.17, 15) is 18.0 Å². The zero-order valence-corrected chi connectivity index (χ0v) is 18.4. The van der Waals surface area contributed by atoms with Crippen LogP contribution in [0, 0.1) is 13.8 Å². The molecule has 0 spiro atoms. The normalized spacial score (nSPS) is 11.5. The highest BCUT2D eigenvalue weighted by Gasteiger charge is 2.25. The summed E-state index contributed by atoms with van der Waals surface area (Å²) in [5.74, 6) is -0.394. The zero-order chi connectivity index (χ0) is 21.4. The van der Waals surface area contributed by atoms with Crippen molar-refractivity contribution in [2.45, 2.75) is 59.4 Å². The Hall–Kier alpha value is -2.41. The van der Waals surface area contributed by atoms with E-state index in [1.54, 1.807) is 13.8 Å². The number of allylic oxidation sites excluding steroid dienone is 2.